The van der Waals surface area contributed by atoms with Crippen molar-refractivity contribution in [2.75, 3.05) is 24.4 Å². The van der Waals surface area contributed by atoms with Crippen molar-refractivity contribution < 1.29 is 9.18 Å². The van der Waals surface area contributed by atoms with Crippen LogP contribution in [0, 0.1) is 0 Å². The maximum Gasteiger partial charge on any atom is 0.255 e. The average molecular weight is 299 g/mol. The van der Waals surface area contributed by atoms with E-state index in [4.69, 9.17) is 0 Å². The van der Waals surface area contributed by atoms with Crippen LogP contribution in [0.5, 0.6) is 0 Å². The number of nitrogens with zero attached hydrogens (tertiary/aromatic N) is 1. The van der Waals surface area contributed by atoms with Crippen LogP contribution < -0.4 is 10.6 Å². The normalized spacial score (nSPS) is 10.1. The quantitative estimate of drug-likeness (QED) is 0.884. The van der Waals surface area contributed by atoms with E-state index in [1.807, 2.05) is 26.1 Å². The first-order valence-electron chi connectivity index (χ1n) is 6.85. The standard InChI is InChI=1S/C17H18FN3O/c1-11(2)15-8-13(10-20-17(15)19-3)12-5-4-6-14(7-12)21-16(22)9-18/h4-8,10H,1,9H2,2-3H3,(H,19,20)(H,21,22). The van der Waals surface area contributed by atoms with Crippen LogP contribution in [0.3, 0.4) is 0 Å². The first kappa shape index (κ1) is 15.7. The van der Waals surface area contributed by atoms with E-state index in [0.717, 1.165) is 28.1 Å². The van der Waals surface area contributed by atoms with Gasteiger partial charge in [-0.1, -0.05) is 18.7 Å². The number of carbonyl (C=O) groups is 1. The number of carbonyl (C=O) groups excluding carboxylic acids is 1. The molecule has 0 saturated heterocycles. The molecule has 0 radical (unpaired) electrons. The zero-order valence-electron chi connectivity index (χ0n) is 12.6. The summed E-state index contributed by atoms with van der Waals surface area (Å²) in [6.07, 6.45) is 1.74. The smallest absolute Gasteiger partial charge is 0.255 e. The molecule has 2 rings (SSSR count). The van der Waals surface area contributed by atoms with E-state index >= 15 is 0 Å². The fourth-order valence-electron chi connectivity index (χ4n) is 2.12. The monoisotopic (exact) mass is 299 g/mol. The highest BCUT2D eigenvalue weighted by Gasteiger charge is 2.08. The van der Waals surface area contributed by atoms with Crippen molar-refractivity contribution in [2.24, 2.45) is 0 Å². The van der Waals surface area contributed by atoms with Crippen LogP contribution in [0.2, 0.25) is 0 Å². The van der Waals surface area contributed by atoms with Gasteiger partial charge >= 0.3 is 0 Å². The fraction of sp³-hybridized carbons (Fsp3) is 0.176. The molecule has 2 aromatic rings. The third kappa shape index (κ3) is 3.49. The largest absolute Gasteiger partial charge is 0.373 e. The number of aromatic nitrogens is 1. The number of anilines is 2. The Labute approximate surface area is 129 Å². The van der Waals surface area contributed by atoms with Crippen LogP contribution in [0.1, 0.15) is 12.5 Å². The van der Waals surface area contributed by atoms with Crippen LogP contribution >= 0.6 is 0 Å². The van der Waals surface area contributed by atoms with Crippen LogP contribution in [-0.4, -0.2) is 24.6 Å². The number of hydrogen-bond acceptors (Lipinski definition) is 3. The van der Waals surface area contributed by atoms with Gasteiger partial charge in [0.25, 0.3) is 5.91 Å². The Morgan fingerprint density at radius 2 is 2.09 bits per heavy atom. The van der Waals surface area contributed by atoms with E-state index in [0.29, 0.717) is 5.69 Å². The third-order valence-corrected chi connectivity index (χ3v) is 3.19. The predicted molar refractivity (Wildman–Crippen MR) is 88.5 cm³/mol. The lowest BCUT2D eigenvalue weighted by Crippen LogP contribution is -2.12. The second-order valence-corrected chi connectivity index (χ2v) is 4.91. The number of hydrogen-bond donors (Lipinski definition) is 2. The molecule has 0 aliphatic carbocycles. The number of nitrogens with one attached hydrogen (secondary N) is 2. The molecule has 0 unspecified atom stereocenters. The van der Waals surface area contributed by atoms with E-state index in [2.05, 4.69) is 22.2 Å². The molecule has 1 heterocycles. The minimum Gasteiger partial charge on any atom is -0.373 e. The van der Waals surface area contributed by atoms with Gasteiger partial charge < -0.3 is 10.6 Å². The predicted octanol–water partition coefficient (Wildman–Crippen LogP) is 3.73. The number of allylic oxidation sites excluding steroid dienone is 1. The molecule has 22 heavy (non-hydrogen) atoms. The Bertz CT molecular complexity index is 713. The summed E-state index contributed by atoms with van der Waals surface area (Å²) in [6, 6.07) is 9.19. The lowest BCUT2D eigenvalue weighted by atomic mass is 10.0. The number of benzene rings is 1. The van der Waals surface area contributed by atoms with Gasteiger partial charge in [-0.15, -0.1) is 0 Å². The van der Waals surface area contributed by atoms with Crippen molar-refractivity contribution >= 4 is 23.0 Å². The summed E-state index contributed by atoms with van der Waals surface area (Å²) in [7, 11) is 1.81. The fourth-order valence-corrected chi connectivity index (χ4v) is 2.12. The molecule has 0 spiro atoms. The molecular weight excluding hydrogens is 281 g/mol. The lowest BCUT2D eigenvalue weighted by Gasteiger charge is -2.11. The van der Waals surface area contributed by atoms with Gasteiger partial charge in [0.15, 0.2) is 6.67 Å². The third-order valence-electron chi connectivity index (χ3n) is 3.19. The van der Waals surface area contributed by atoms with Gasteiger partial charge in [0, 0.05) is 30.1 Å². The van der Waals surface area contributed by atoms with Crippen molar-refractivity contribution in [3.05, 3.63) is 48.7 Å². The summed E-state index contributed by atoms with van der Waals surface area (Å²) in [5.74, 6) is 0.0987. The van der Waals surface area contributed by atoms with Crippen molar-refractivity contribution in [3.63, 3.8) is 0 Å². The van der Waals surface area contributed by atoms with E-state index in [9.17, 15) is 9.18 Å². The molecule has 114 valence electrons. The lowest BCUT2D eigenvalue weighted by molar-refractivity contribution is -0.117. The van der Waals surface area contributed by atoms with Crippen LogP contribution in [-0.2, 0) is 4.79 Å². The van der Waals surface area contributed by atoms with Gasteiger partial charge in [-0.2, -0.15) is 0 Å². The number of alkyl halides is 1. The van der Waals surface area contributed by atoms with Crippen molar-refractivity contribution in [1.29, 1.82) is 0 Å². The first-order chi connectivity index (χ1) is 10.5. The number of rotatable bonds is 5. The van der Waals surface area contributed by atoms with Crippen molar-refractivity contribution in [2.45, 2.75) is 6.92 Å². The molecule has 5 heteroatoms. The minimum absolute atomic E-state index is 0.551. The highest BCUT2D eigenvalue weighted by molar-refractivity contribution is 5.92. The molecule has 1 aromatic carbocycles. The second kappa shape index (κ2) is 6.85. The SMILES string of the molecule is C=C(C)c1cc(-c2cccc(NC(=O)CF)c2)cnc1NC. The average Bonchev–Trinajstić information content (AvgIpc) is 2.54. The zero-order valence-corrected chi connectivity index (χ0v) is 12.6. The van der Waals surface area contributed by atoms with E-state index in [1.165, 1.54) is 0 Å². The summed E-state index contributed by atoms with van der Waals surface area (Å²) in [5, 5.41) is 5.53. The van der Waals surface area contributed by atoms with Crippen LogP contribution in [0.15, 0.2) is 43.1 Å². The molecule has 0 saturated carbocycles. The van der Waals surface area contributed by atoms with Gasteiger partial charge in [-0.25, -0.2) is 9.37 Å². The Kier molecular flexibility index (Phi) is 4.88. The molecular formula is C17H18FN3O. The molecule has 1 amide bonds. The topological polar surface area (TPSA) is 54.0 Å². The van der Waals surface area contributed by atoms with E-state index in [1.54, 1.807) is 24.4 Å². The Morgan fingerprint density at radius 3 is 2.73 bits per heavy atom. The summed E-state index contributed by atoms with van der Waals surface area (Å²) >= 11 is 0. The van der Waals surface area contributed by atoms with Gasteiger partial charge in [0.2, 0.25) is 0 Å². The highest BCUT2D eigenvalue weighted by atomic mass is 19.1. The summed E-state index contributed by atoms with van der Waals surface area (Å²) in [6.45, 7) is 4.84. The molecule has 0 fully saturated rings. The molecule has 0 aliphatic rings. The number of pyridine rings is 1. The number of amides is 1. The first-order valence-corrected chi connectivity index (χ1v) is 6.85. The van der Waals surface area contributed by atoms with Gasteiger partial charge in [0.1, 0.15) is 5.82 Å². The molecule has 0 bridgehead atoms. The molecule has 0 aliphatic heterocycles. The maximum atomic E-state index is 12.3. The van der Waals surface area contributed by atoms with Crippen molar-refractivity contribution in [3.8, 4) is 11.1 Å². The van der Waals surface area contributed by atoms with Crippen LogP contribution in [0.4, 0.5) is 15.9 Å². The summed E-state index contributed by atoms with van der Waals surface area (Å²) in [4.78, 5) is 15.5. The van der Waals surface area contributed by atoms with Gasteiger partial charge in [-0.3, -0.25) is 4.79 Å². The van der Waals surface area contributed by atoms with E-state index in [-0.39, 0.29) is 0 Å². The Balaban J connectivity index is 2.39. The van der Waals surface area contributed by atoms with E-state index < -0.39 is 12.6 Å². The maximum absolute atomic E-state index is 12.3. The Morgan fingerprint density at radius 1 is 1.32 bits per heavy atom. The Hall–Kier alpha value is -2.69. The summed E-state index contributed by atoms with van der Waals surface area (Å²) < 4.78 is 12.3. The molecule has 1 aromatic heterocycles. The highest BCUT2D eigenvalue weighted by Crippen LogP contribution is 2.28. The van der Waals surface area contributed by atoms with Crippen molar-refractivity contribution in [1.82, 2.24) is 4.98 Å². The second-order valence-electron chi connectivity index (χ2n) is 4.91. The minimum atomic E-state index is -1.04. The number of halogens is 1. The molecule has 0 atom stereocenters. The molecule has 4 nitrogen and oxygen atoms in total. The zero-order chi connectivity index (χ0) is 16.1. The molecule has 2 N–H and O–H groups in total. The van der Waals surface area contributed by atoms with Gasteiger partial charge in [0.05, 0.1) is 0 Å². The van der Waals surface area contributed by atoms with Gasteiger partial charge in [-0.05, 0) is 36.3 Å². The summed E-state index contributed by atoms with van der Waals surface area (Å²) in [5.41, 5.74) is 4.16. The van der Waals surface area contributed by atoms with Crippen LogP contribution in [0.25, 0.3) is 16.7 Å².